The maximum Gasteiger partial charge on any atom is 0.0728 e. The Labute approximate surface area is 198 Å². The van der Waals surface area contributed by atoms with Crippen molar-refractivity contribution in [3.63, 3.8) is 0 Å². The van der Waals surface area contributed by atoms with Crippen LogP contribution in [0, 0.1) is 6.92 Å². The van der Waals surface area contributed by atoms with Crippen LogP contribution in [0.3, 0.4) is 0 Å². The number of hydrogen-bond acceptors (Lipinski definition) is 0. The van der Waals surface area contributed by atoms with E-state index in [4.69, 9.17) is 0 Å². The van der Waals surface area contributed by atoms with Crippen LogP contribution in [0.4, 0.5) is 0 Å². The van der Waals surface area contributed by atoms with Gasteiger partial charge in [-0.25, -0.2) is 0 Å². The molecule has 2 aliphatic rings. The van der Waals surface area contributed by atoms with Gasteiger partial charge >= 0.3 is 0 Å². The van der Waals surface area contributed by atoms with Crippen LogP contribution >= 0.6 is 15.9 Å². The number of fused-ring (bicyclic) bond motifs is 7. The van der Waals surface area contributed by atoms with Crippen molar-refractivity contribution < 1.29 is 0 Å². The number of rotatable bonds is 3. The molecule has 0 radical (unpaired) electrons. The molecule has 0 N–H and O–H groups in total. The second-order valence-electron chi connectivity index (χ2n) is 8.92. The van der Waals surface area contributed by atoms with Gasteiger partial charge in [-0.2, -0.15) is 0 Å². The topological polar surface area (TPSA) is 0 Å². The fourth-order valence-corrected chi connectivity index (χ4v) is 6.72. The van der Waals surface area contributed by atoms with Gasteiger partial charge in [0.15, 0.2) is 0 Å². The largest absolute Gasteiger partial charge is 0.0728 e. The van der Waals surface area contributed by atoms with Crippen molar-refractivity contribution in [2.75, 3.05) is 0 Å². The Hall–Kier alpha value is -2.90. The molecule has 0 amide bonds. The molecular weight excluding hydrogens is 452 g/mol. The van der Waals surface area contributed by atoms with Crippen LogP contribution in [0.15, 0.2) is 95.5 Å². The lowest BCUT2D eigenvalue weighted by molar-refractivity contribution is 0.840. The maximum absolute atomic E-state index is 3.91. The highest BCUT2D eigenvalue weighted by molar-refractivity contribution is 9.10. The number of halogens is 1. The van der Waals surface area contributed by atoms with E-state index in [-0.39, 0.29) is 5.41 Å². The molecule has 0 bridgehead atoms. The maximum atomic E-state index is 3.91. The van der Waals surface area contributed by atoms with E-state index in [1.54, 1.807) is 0 Å². The second-order valence-corrected chi connectivity index (χ2v) is 9.78. The average molecular weight is 477 g/mol. The molecule has 6 rings (SSSR count). The first-order valence-electron chi connectivity index (χ1n) is 11.5. The lowest BCUT2D eigenvalue weighted by Gasteiger charge is -2.34. The van der Waals surface area contributed by atoms with Crippen molar-refractivity contribution in [3.05, 3.63) is 129 Å². The van der Waals surface area contributed by atoms with Gasteiger partial charge in [0.05, 0.1) is 5.41 Å². The lowest BCUT2D eigenvalue weighted by Crippen LogP contribution is -2.27. The van der Waals surface area contributed by atoms with Crippen molar-refractivity contribution in [3.8, 4) is 11.1 Å². The zero-order valence-electron chi connectivity index (χ0n) is 18.5. The Balaban J connectivity index is 1.86. The summed E-state index contributed by atoms with van der Waals surface area (Å²) in [6.45, 7) is 4.55. The van der Waals surface area contributed by atoms with Crippen molar-refractivity contribution in [2.45, 2.75) is 32.1 Å². The predicted molar refractivity (Wildman–Crippen MR) is 139 cm³/mol. The van der Waals surface area contributed by atoms with Crippen LogP contribution in [0.25, 0.3) is 22.3 Å². The number of benzene rings is 4. The minimum atomic E-state index is -0.289. The molecule has 1 spiro atoms. The molecule has 0 saturated heterocycles. The van der Waals surface area contributed by atoms with Gasteiger partial charge in [-0.05, 0) is 69.5 Å². The third kappa shape index (κ3) is 2.43. The standard InChI is InChI=1S/C31H25Br/c1-3-11-23-22-14-6-8-16-25(22)31(30(23)21-13-5-4-12-20(21)2)26-17-9-7-15-24(26)29-27(31)18-10-19-28(29)32/h4-10,12-19H,3,11H2,1-2H3. The number of allylic oxidation sites excluding steroid dienone is 2. The molecule has 32 heavy (non-hydrogen) atoms. The number of hydrogen-bond donors (Lipinski definition) is 0. The van der Waals surface area contributed by atoms with Gasteiger partial charge in [0, 0.05) is 10.0 Å². The Morgan fingerprint density at radius 3 is 1.97 bits per heavy atom. The third-order valence-electron chi connectivity index (χ3n) is 7.27. The molecule has 2 aliphatic carbocycles. The molecule has 1 atom stereocenters. The van der Waals surface area contributed by atoms with Gasteiger partial charge in [0.2, 0.25) is 0 Å². The smallest absolute Gasteiger partial charge is 0.0651 e. The van der Waals surface area contributed by atoms with Gasteiger partial charge < -0.3 is 0 Å². The van der Waals surface area contributed by atoms with Crippen LogP contribution in [0.1, 0.15) is 53.1 Å². The van der Waals surface area contributed by atoms with E-state index in [0.717, 1.165) is 12.8 Å². The van der Waals surface area contributed by atoms with Crippen molar-refractivity contribution in [1.82, 2.24) is 0 Å². The van der Waals surface area contributed by atoms with Gasteiger partial charge in [0.1, 0.15) is 0 Å². The molecule has 0 heterocycles. The summed E-state index contributed by atoms with van der Waals surface area (Å²) in [5, 5.41) is 0. The molecule has 4 aromatic rings. The SMILES string of the molecule is CCCC1=C(c2ccccc2C)C2(c3ccccc31)c1ccccc1-c1c(Br)cccc12. The van der Waals surface area contributed by atoms with Gasteiger partial charge in [0.25, 0.3) is 0 Å². The molecule has 0 aromatic heterocycles. The number of aryl methyl sites for hydroxylation is 1. The lowest BCUT2D eigenvalue weighted by atomic mass is 9.67. The molecule has 156 valence electrons. The normalized spacial score (nSPS) is 18.1. The van der Waals surface area contributed by atoms with E-state index in [9.17, 15) is 0 Å². The summed E-state index contributed by atoms with van der Waals surface area (Å²) in [5.41, 5.74) is 13.7. The highest BCUT2D eigenvalue weighted by atomic mass is 79.9. The zero-order valence-corrected chi connectivity index (χ0v) is 20.0. The highest BCUT2D eigenvalue weighted by Gasteiger charge is 2.53. The molecule has 0 nitrogen and oxygen atoms in total. The van der Waals surface area contributed by atoms with Crippen LogP contribution < -0.4 is 0 Å². The van der Waals surface area contributed by atoms with E-state index in [1.165, 1.54) is 60.1 Å². The quantitative estimate of drug-likeness (QED) is 0.277. The summed E-state index contributed by atoms with van der Waals surface area (Å²) in [7, 11) is 0. The van der Waals surface area contributed by atoms with Crippen LogP contribution in [0.5, 0.6) is 0 Å². The first-order valence-corrected chi connectivity index (χ1v) is 12.3. The first kappa shape index (κ1) is 19.8. The Morgan fingerprint density at radius 2 is 1.25 bits per heavy atom. The van der Waals surface area contributed by atoms with E-state index in [1.807, 2.05) is 0 Å². The molecule has 0 aliphatic heterocycles. The van der Waals surface area contributed by atoms with Crippen LogP contribution in [-0.2, 0) is 5.41 Å². The van der Waals surface area contributed by atoms with E-state index in [2.05, 4.69) is 121 Å². The van der Waals surface area contributed by atoms with Crippen molar-refractivity contribution in [2.24, 2.45) is 0 Å². The first-order chi connectivity index (χ1) is 15.7. The fraction of sp³-hybridized carbons (Fsp3) is 0.161. The molecule has 0 fully saturated rings. The predicted octanol–water partition coefficient (Wildman–Crippen LogP) is 8.80. The average Bonchev–Trinajstić information content (AvgIpc) is 3.27. The van der Waals surface area contributed by atoms with E-state index < -0.39 is 0 Å². The highest BCUT2D eigenvalue weighted by Crippen LogP contribution is 2.65. The molecule has 1 unspecified atom stereocenters. The summed E-state index contributed by atoms with van der Waals surface area (Å²) >= 11 is 3.91. The van der Waals surface area contributed by atoms with E-state index in [0.29, 0.717) is 0 Å². The zero-order chi connectivity index (χ0) is 21.9. The summed E-state index contributed by atoms with van der Waals surface area (Å²) in [6.07, 6.45) is 2.20. The molecule has 0 saturated carbocycles. The van der Waals surface area contributed by atoms with Crippen LogP contribution in [-0.4, -0.2) is 0 Å². The van der Waals surface area contributed by atoms with Crippen LogP contribution in [0.2, 0.25) is 0 Å². The van der Waals surface area contributed by atoms with Gasteiger partial charge in [-0.1, -0.05) is 114 Å². The summed E-state index contributed by atoms with van der Waals surface area (Å²) < 4.78 is 1.17. The summed E-state index contributed by atoms with van der Waals surface area (Å²) in [4.78, 5) is 0. The summed E-state index contributed by atoms with van der Waals surface area (Å²) in [6, 6.07) is 33.8. The Morgan fingerprint density at radius 1 is 0.656 bits per heavy atom. The Bertz CT molecular complexity index is 1410. The summed E-state index contributed by atoms with van der Waals surface area (Å²) in [5.74, 6) is 0. The minimum Gasteiger partial charge on any atom is -0.0651 e. The molecule has 4 aromatic carbocycles. The van der Waals surface area contributed by atoms with Crippen molar-refractivity contribution >= 4 is 27.1 Å². The second kappa shape index (κ2) is 7.32. The monoisotopic (exact) mass is 476 g/mol. The van der Waals surface area contributed by atoms with Gasteiger partial charge in [-0.3, -0.25) is 0 Å². The van der Waals surface area contributed by atoms with E-state index >= 15 is 0 Å². The fourth-order valence-electron chi connectivity index (χ4n) is 6.14. The minimum absolute atomic E-state index is 0.289. The molecule has 1 heteroatoms. The van der Waals surface area contributed by atoms with Crippen molar-refractivity contribution in [1.29, 1.82) is 0 Å². The van der Waals surface area contributed by atoms with Gasteiger partial charge in [-0.15, -0.1) is 0 Å². The Kier molecular flexibility index (Phi) is 4.52. The molecular formula is C31H25Br. The third-order valence-corrected chi connectivity index (χ3v) is 7.93.